The second-order valence-corrected chi connectivity index (χ2v) is 7.79. The maximum Gasteiger partial charge on any atom is 0.313 e. The molecule has 3 aliphatic rings. The molecule has 1 saturated carbocycles. The van der Waals surface area contributed by atoms with Gasteiger partial charge in [-0.1, -0.05) is 19.3 Å². The highest BCUT2D eigenvalue weighted by Gasteiger charge is 2.33. The van der Waals surface area contributed by atoms with E-state index < -0.39 is 11.8 Å². The number of carbonyl (C=O) groups is 2. The van der Waals surface area contributed by atoms with E-state index in [1.165, 1.54) is 19.3 Å². The van der Waals surface area contributed by atoms with Crippen molar-refractivity contribution in [2.75, 3.05) is 31.6 Å². The first-order valence-corrected chi connectivity index (χ1v) is 10.2. The van der Waals surface area contributed by atoms with Gasteiger partial charge in [-0.2, -0.15) is 0 Å². The van der Waals surface area contributed by atoms with Crippen molar-refractivity contribution in [1.29, 1.82) is 0 Å². The number of fused-ring (bicyclic) bond motifs is 1. The number of morpholine rings is 1. The first kappa shape index (κ1) is 18.3. The number of anilines is 1. The molecule has 4 rings (SSSR count). The fourth-order valence-electron chi connectivity index (χ4n) is 4.42. The summed E-state index contributed by atoms with van der Waals surface area (Å²) in [4.78, 5) is 26.8. The highest BCUT2D eigenvalue weighted by molar-refractivity contribution is 6.39. The van der Waals surface area contributed by atoms with E-state index in [2.05, 4.69) is 5.32 Å². The van der Waals surface area contributed by atoms with Crippen LogP contribution in [0.3, 0.4) is 0 Å². The van der Waals surface area contributed by atoms with Gasteiger partial charge in [0.1, 0.15) is 5.75 Å². The van der Waals surface area contributed by atoms with Crippen LogP contribution in [-0.4, -0.2) is 49.1 Å². The Hall–Kier alpha value is -2.08. The van der Waals surface area contributed by atoms with Gasteiger partial charge in [0.25, 0.3) is 0 Å². The van der Waals surface area contributed by atoms with Crippen LogP contribution in [0.5, 0.6) is 5.75 Å². The van der Waals surface area contributed by atoms with Crippen molar-refractivity contribution in [2.24, 2.45) is 5.92 Å². The van der Waals surface area contributed by atoms with Crippen molar-refractivity contribution in [2.45, 2.75) is 51.0 Å². The molecule has 2 heterocycles. The van der Waals surface area contributed by atoms with Crippen LogP contribution in [0.4, 0.5) is 5.69 Å². The van der Waals surface area contributed by atoms with Crippen LogP contribution >= 0.6 is 0 Å². The Morgan fingerprint density at radius 3 is 2.78 bits per heavy atom. The summed E-state index contributed by atoms with van der Waals surface area (Å²) < 4.78 is 11.5. The number of carbonyl (C=O) groups excluding carboxylic acids is 2. The fraction of sp³-hybridized carbons (Fsp3) is 0.619. The second kappa shape index (κ2) is 8.30. The van der Waals surface area contributed by atoms with E-state index in [9.17, 15) is 9.59 Å². The Morgan fingerprint density at radius 1 is 1.07 bits per heavy atom. The van der Waals surface area contributed by atoms with E-state index in [1.54, 1.807) is 11.0 Å². The van der Waals surface area contributed by atoms with E-state index in [-0.39, 0.29) is 6.10 Å². The molecule has 0 aromatic heterocycles. The number of benzene rings is 1. The summed E-state index contributed by atoms with van der Waals surface area (Å²) in [5, 5.41) is 2.76. The molecule has 1 saturated heterocycles. The summed E-state index contributed by atoms with van der Waals surface area (Å²) in [5.41, 5.74) is 1.73. The van der Waals surface area contributed by atoms with Gasteiger partial charge in [0.05, 0.1) is 19.3 Å². The lowest BCUT2D eigenvalue weighted by molar-refractivity contribution is -0.150. The number of rotatable bonds is 2. The van der Waals surface area contributed by atoms with Gasteiger partial charge in [0.15, 0.2) is 0 Å². The van der Waals surface area contributed by atoms with Gasteiger partial charge < -0.3 is 19.7 Å². The molecule has 1 N–H and O–H groups in total. The topological polar surface area (TPSA) is 67.9 Å². The largest absolute Gasteiger partial charge is 0.493 e. The van der Waals surface area contributed by atoms with Crippen molar-refractivity contribution >= 4 is 17.5 Å². The summed E-state index contributed by atoms with van der Waals surface area (Å²) >= 11 is 0. The molecular formula is C21H28N2O4. The molecule has 146 valence electrons. The predicted molar refractivity (Wildman–Crippen MR) is 102 cm³/mol. The average Bonchev–Trinajstić information content (AvgIpc) is 2.74. The first-order valence-electron chi connectivity index (χ1n) is 10.2. The van der Waals surface area contributed by atoms with Gasteiger partial charge in [-0.05, 0) is 55.4 Å². The van der Waals surface area contributed by atoms with Crippen molar-refractivity contribution in [3.8, 4) is 5.75 Å². The van der Waals surface area contributed by atoms with Crippen molar-refractivity contribution in [3.05, 3.63) is 23.8 Å². The molecule has 0 bridgehead atoms. The molecule has 0 spiro atoms. The molecule has 1 aliphatic carbocycles. The van der Waals surface area contributed by atoms with Crippen LogP contribution in [0.1, 0.15) is 44.1 Å². The van der Waals surface area contributed by atoms with Gasteiger partial charge in [0.2, 0.25) is 0 Å². The van der Waals surface area contributed by atoms with Crippen molar-refractivity contribution < 1.29 is 19.1 Å². The average molecular weight is 372 g/mol. The second-order valence-electron chi connectivity index (χ2n) is 7.79. The number of aryl methyl sites for hydroxylation is 1. The van der Waals surface area contributed by atoms with Crippen LogP contribution < -0.4 is 10.1 Å². The van der Waals surface area contributed by atoms with Crippen LogP contribution in [0, 0.1) is 5.92 Å². The number of ether oxygens (including phenoxy) is 2. The quantitative estimate of drug-likeness (QED) is 0.811. The van der Waals surface area contributed by atoms with E-state index in [0.717, 1.165) is 43.6 Å². The maximum absolute atomic E-state index is 12.7. The smallest absolute Gasteiger partial charge is 0.313 e. The van der Waals surface area contributed by atoms with E-state index >= 15 is 0 Å². The third-order valence-electron chi connectivity index (χ3n) is 5.92. The van der Waals surface area contributed by atoms with Crippen LogP contribution in [-0.2, 0) is 20.7 Å². The van der Waals surface area contributed by atoms with Crippen molar-refractivity contribution in [1.82, 2.24) is 4.90 Å². The molecule has 1 aromatic rings. The molecule has 0 radical (unpaired) electrons. The normalized spacial score (nSPS) is 23.3. The Balaban J connectivity index is 1.36. The monoisotopic (exact) mass is 372 g/mol. The molecule has 1 unspecified atom stereocenters. The van der Waals surface area contributed by atoms with Crippen LogP contribution in [0.25, 0.3) is 0 Å². The third-order valence-corrected chi connectivity index (χ3v) is 5.92. The third kappa shape index (κ3) is 4.26. The van der Waals surface area contributed by atoms with Gasteiger partial charge in [-0.15, -0.1) is 0 Å². The lowest BCUT2D eigenvalue weighted by Gasteiger charge is -2.38. The lowest BCUT2D eigenvalue weighted by Crippen LogP contribution is -2.51. The number of hydrogen-bond donors (Lipinski definition) is 1. The molecule has 2 fully saturated rings. The Kier molecular flexibility index (Phi) is 5.62. The van der Waals surface area contributed by atoms with E-state index in [1.807, 2.05) is 12.1 Å². The molecule has 6 nitrogen and oxygen atoms in total. The lowest BCUT2D eigenvalue weighted by atomic mass is 9.84. The number of nitrogens with zero attached hydrogens (tertiary/aromatic N) is 1. The highest BCUT2D eigenvalue weighted by atomic mass is 16.5. The SMILES string of the molecule is O=C(Nc1ccc2c(c1)CCCO2)C(=O)N1CCOC(C2CCCCC2)C1. The van der Waals surface area contributed by atoms with E-state index in [0.29, 0.717) is 31.3 Å². The van der Waals surface area contributed by atoms with Crippen LogP contribution in [0.2, 0.25) is 0 Å². The molecule has 6 heteroatoms. The predicted octanol–water partition coefficient (Wildman–Crippen LogP) is 2.76. The summed E-state index contributed by atoms with van der Waals surface area (Å²) in [6.45, 7) is 2.25. The zero-order valence-electron chi connectivity index (χ0n) is 15.7. The minimum absolute atomic E-state index is 0.0664. The molecule has 2 amide bonds. The Labute approximate surface area is 160 Å². The zero-order valence-corrected chi connectivity index (χ0v) is 15.7. The van der Waals surface area contributed by atoms with Gasteiger partial charge in [0, 0.05) is 18.8 Å². The zero-order chi connectivity index (χ0) is 18.6. The van der Waals surface area contributed by atoms with Crippen LogP contribution in [0.15, 0.2) is 18.2 Å². The van der Waals surface area contributed by atoms with E-state index in [4.69, 9.17) is 9.47 Å². The number of hydrogen-bond acceptors (Lipinski definition) is 4. The minimum Gasteiger partial charge on any atom is -0.493 e. The molecule has 27 heavy (non-hydrogen) atoms. The molecule has 1 aromatic carbocycles. The maximum atomic E-state index is 12.7. The summed E-state index contributed by atoms with van der Waals surface area (Å²) in [7, 11) is 0. The summed E-state index contributed by atoms with van der Waals surface area (Å²) in [6, 6.07) is 5.56. The Morgan fingerprint density at radius 2 is 1.93 bits per heavy atom. The first-order chi connectivity index (χ1) is 13.2. The van der Waals surface area contributed by atoms with Gasteiger partial charge >= 0.3 is 11.8 Å². The Bertz CT molecular complexity index is 699. The van der Waals surface area contributed by atoms with Gasteiger partial charge in [-0.25, -0.2) is 0 Å². The molecule has 1 atom stereocenters. The number of amides is 2. The highest BCUT2D eigenvalue weighted by Crippen LogP contribution is 2.30. The van der Waals surface area contributed by atoms with Crippen molar-refractivity contribution in [3.63, 3.8) is 0 Å². The minimum atomic E-state index is -0.573. The standard InChI is InChI=1S/C21H28N2O4/c24-20(22-17-8-9-18-16(13-17)7-4-11-26-18)21(25)23-10-12-27-19(14-23)15-5-2-1-3-6-15/h8-9,13,15,19H,1-7,10-12,14H2,(H,22,24). The molecular weight excluding hydrogens is 344 g/mol. The molecule has 2 aliphatic heterocycles. The summed E-state index contributed by atoms with van der Waals surface area (Å²) in [6.07, 6.45) is 8.06. The number of nitrogens with one attached hydrogen (secondary N) is 1. The van der Waals surface area contributed by atoms with Gasteiger partial charge in [-0.3, -0.25) is 9.59 Å². The summed E-state index contributed by atoms with van der Waals surface area (Å²) in [5.74, 6) is 0.344. The fourth-order valence-corrected chi connectivity index (χ4v) is 4.42.